The Morgan fingerprint density at radius 1 is 1.00 bits per heavy atom. The van der Waals surface area contributed by atoms with Crippen LogP contribution < -0.4 is 5.73 Å². The van der Waals surface area contributed by atoms with Crippen LogP contribution in [0.4, 0.5) is 0 Å². The van der Waals surface area contributed by atoms with Crippen LogP contribution in [0.3, 0.4) is 0 Å². The molecule has 0 aliphatic heterocycles. The van der Waals surface area contributed by atoms with E-state index in [-0.39, 0.29) is 16.6 Å². The number of hydrogen-bond acceptors (Lipinski definition) is 2. The molecule has 0 aliphatic rings. The van der Waals surface area contributed by atoms with Crippen molar-refractivity contribution in [2.75, 3.05) is 0 Å². The number of aromatic amines is 1. The highest BCUT2D eigenvalue weighted by Crippen LogP contribution is 2.36. The van der Waals surface area contributed by atoms with Crippen LogP contribution in [-0.2, 0) is 23.8 Å². The van der Waals surface area contributed by atoms with Gasteiger partial charge >= 0.3 is 0 Å². The van der Waals surface area contributed by atoms with Crippen molar-refractivity contribution in [3.63, 3.8) is 0 Å². The van der Waals surface area contributed by atoms with Gasteiger partial charge in [0.25, 0.3) is 0 Å². The van der Waals surface area contributed by atoms with Crippen molar-refractivity contribution in [1.29, 1.82) is 0 Å². The molecule has 0 radical (unpaired) electrons. The Morgan fingerprint density at radius 3 is 1.86 bits per heavy atom. The molecule has 1 aromatic carbocycles. The van der Waals surface area contributed by atoms with Gasteiger partial charge in [0.1, 0.15) is 5.69 Å². The molecule has 1 aromatic heterocycles. The molecule has 28 heavy (non-hydrogen) atoms. The Bertz CT molecular complexity index is 848. The Balaban J connectivity index is 2.40. The number of H-pyrrole nitrogens is 1. The Hall–Kier alpha value is -1.29. The van der Waals surface area contributed by atoms with Crippen molar-refractivity contribution in [2.45, 2.75) is 78.7 Å². The van der Waals surface area contributed by atoms with E-state index in [0.717, 1.165) is 5.56 Å². The van der Waals surface area contributed by atoms with Gasteiger partial charge in [-0.1, -0.05) is 76.9 Å². The minimum atomic E-state index is -0.0301. The van der Waals surface area contributed by atoms with Crippen LogP contribution >= 0.6 is 23.2 Å². The number of nitrogens with one attached hydrogen (secondary N) is 1. The van der Waals surface area contributed by atoms with Crippen molar-refractivity contribution in [1.82, 2.24) is 4.98 Å². The number of hydrogen-bond donors (Lipinski definition) is 2. The highest BCUT2D eigenvalue weighted by atomic mass is 35.5. The van der Waals surface area contributed by atoms with Crippen LogP contribution in [-0.4, -0.2) is 10.8 Å². The topological polar surface area (TPSA) is 58.9 Å². The quantitative estimate of drug-likeness (QED) is 0.540. The molecule has 5 heteroatoms. The van der Waals surface area contributed by atoms with E-state index in [2.05, 4.69) is 58.7 Å². The van der Waals surface area contributed by atoms with Crippen molar-refractivity contribution < 1.29 is 4.79 Å². The van der Waals surface area contributed by atoms with Crippen LogP contribution in [0.2, 0.25) is 10.0 Å². The largest absolute Gasteiger partial charge is 0.354 e. The van der Waals surface area contributed by atoms with Crippen LogP contribution in [0.15, 0.2) is 12.1 Å². The van der Waals surface area contributed by atoms with Crippen molar-refractivity contribution in [3.05, 3.63) is 55.8 Å². The summed E-state index contributed by atoms with van der Waals surface area (Å²) in [4.78, 5) is 15.7. The number of ketones is 1. The summed E-state index contributed by atoms with van der Waals surface area (Å²) in [5, 5.41) is 0.732. The van der Waals surface area contributed by atoms with Crippen molar-refractivity contribution in [2.24, 2.45) is 5.73 Å². The molecule has 154 valence electrons. The summed E-state index contributed by atoms with van der Waals surface area (Å²) in [5.74, 6) is -0.0301. The van der Waals surface area contributed by atoms with Gasteiger partial charge in [-0.3, -0.25) is 4.79 Å². The molecule has 0 fully saturated rings. The summed E-state index contributed by atoms with van der Waals surface area (Å²) in [6.07, 6.45) is 1.01. The number of nitrogens with two attached hydrogens (primary N) is 1. The average Bonchev–Trinajstić information content (AvgIpc) is 2.84. The zero-order valence-electron chi connectivity index (χ0n) is 18.0. The fourth-order valence-electron chi connectivity index (χ4n) is 3.58. The molecule has 0 saturated heterocycles. The Morgan fingerprint density at radius 2 is 1.50 bits per heavy atom. The summed E-state index contributed by atoms with van der Waals surface area (Å²) < 4.78 is 0. The van der Waals surface area contributed by atoms with E-state index < -0.39 is 0 Å². The minimum absolute atomic E-state index is 0.0257. The molecule has 1 heterocycles. The molecule has 0 spiro atoms. The third-order valence-electron chi connectivity index (χ3n) is 5.10. The summed E-state index contributed by atoms with van der Waals surface area (Å²) in [5.41, 5.74) is 12.1. The molecule has 3 N–H and O–H groups in total. The monoisotopic (exact) mass is 422 g/mol. The third kappa shape index (κ3) is 4.82. The van der Waals surface area contributed by atoms with Crippen LogP contribution in [0.1, 0.15) is 86.4 Å². The maximum atomic E-state index is 12.7. The predicted octanol–water partition coefficient (Wildman–Crippen LogP) is 6.50. The number of Topliss-reactive ketones (excluding diaryl/α,β-unsaturated/α-hetero) is 1. The van der Waals surface area contributed by atoms with E-state index >= 15 is 0 Å². The van der Waals surface area contributed by atoms with Crippen LogP contribution in [0.25, 0.3) is 0 Å². The highest BCUT2D eigenvalue weighted by molar-refractivity contribution is 6.44. The lowest BCUT2D eigenvalue weighted by Gasteiger charge is -2.31. The number of carbonyl (C=O) groups excluding carboxylic acids is 1. The van der Waals surface area contributed by atoms with E-state index in [9.17, 15) is 4.79 Å². The van der Waals surface area contributed by atoms with Gasteiger partial charge in [0.2, 0.25) is 0 Å². The average molecular weight is 423 g/mol. The summed E-state index contributed by atoms with van der Waals surface area (Å²) in [6.45, 7) is 15.5. The number of rotatable bonds is 5. The van der Waals surface area contributed by atoms with Gasteiger partial charge in [-0.2, -0.15) is 0 Å². The molecule has 2 aromatic rings. The molecule has 0 unspecified atom stereocenters. The first-order valence-electron chi connectivity index (χ1n) is 9.71. The van der Waals surface area contributed by atoms with Crippen LogP contribution in [0.5, 0.6) is 0 Å². The molecule has 0 amide bonds. The van der Waals surface area contributed by atoms with Crippen molar-refractivity contribution >= 4 is 29.0 Å². The molecule has 0 bridgehead atoms. The first kappa shape index (κ1) is 23.0. The van der Waals surface area contributed by atoms with Crippen LogP contribution in [0, 0.1) is 6.92 Å². The fourth-order valence-corrected chi connectivity index (χ4v) is 4.02. The second-order valence-electron chi connectivity index (χ2n) is 9.55. The minimum Gasteiger partial charge on any atom is -0.354 e. The second-order valence-corrected chi connectivity index (χ2v) is 10.3. The lowest BCUT2D eigenvalue weighted by molar-refractivity contribution is 0.0978. The normalized spacial score (nSPS) is 12.5. The van der Waals surface area contributed by atoms with E-state index in [1.807, 2.05) is 6.92 Å². The lowest BCUT2D eigenvalue weighted by atomic mass is 9.75. The van der Waals surface area contributed by atoms with Gasteiger partial charge in [-0.15, -0.1) is 0 Å². The van der Waals surface area contributed by atoms with Gasteiger partial charge in [0, 0.05) is 18.7 Å². The standard InChI is InChI=1S/C23H32Cl2N2O/c1-13-19(24)20(25)21(27-13)18(28)9-8-14-10-16(22(2,3)4)15(12-26)17(11-14)23(5,6)7/h10-11,27H,8-9,12,26H2,1-7H3. The van der Waals surface area contributed by atoms with Gasteiger partial charge < -0.3 is 10.7 Å². The summed E-state index contributed by atoms with van der Waals surface area (Å²) in [6, 6.07) is 4.42. The molecule has 0 saturated carbocycles. The molecule has 2 rings (SSSR count). The fraction of sp³-hybridized carbons (Fsp3) is 0.522. The highest BCUT2D eigenvalue weighted by Gasteiger charge is 2.26. The first-order valence-corrected chi connectivity index (χ1v) is 10.5. The van der Waals surface area contributed by atoms with Gasteiger partial charge in [-0.05, 0) is 46.4 Å². The zero-order valence-corrected chi connectivity index (χ0v) is 19.5. The molecule has 3 nitrogen and oxygen atoms in total. The number of aryl methyl sites for hydroxylation is 2. The van der Waals surface area contributed by atoms with E-state index in [0.29, 0.717) is 40.8 Å². The first-order chi connectivity index (χ1) is 12.8. The number of halogens is 2. The zero-order chi connectivity index (χ0) is 21.4. The molecule has 0 atom stereocenters. The molecular weight excluding hydrogens is 391 g/mol. The van der Waals surface area contributed by atoms with E-state index in [4.69, 9.17) is 28.9 Å². The maximum Gasteiger partial charge on any atom is 0.180 e. The summed E-state index contributed by atoms with van der Waals surface area (Å²) in [7, 11) is 0. The molecule has 0 aliphatic carbocycles. The van der Waals surface area contributed by atoms with E-state index in [1.54, 1.807) is 0 Å². The predicted molar refractivity (Wildman–Crippen MR) is 120 cm³/mol. The second kappa shape index (κ2) is 8.22. The van der Waals surface area contributed by atoms with Gasteiger partial charge in [0.15, 0.2) is 5.78 Å². The number of carbonyl (C=O) groups is 1. The number of aromatic nitrogens is 1. The lowest BCUT2D eigenvalue weighted by Crippen LogP contribution is -2.23. The Labute approximate surface area is 179 Å². The van der Waals surface area contributed by atoms with E-state index in [1.165, 1.54) is 16.7 Å². The summed E-state index contributed by atoms with van der Waals surface area (Å²) >= 11 is 12.3. The Kier molecular flexibility index (Phi) is 6.75. The molecular formula is C23H32Cl2N2O. The smallest absolute Gasteiger partial charge is 0.180 e. The van der Waals surface area contributed by atoms with Crippen molar-refractivity contribution in [3.8, 4) is 0 Å². The maximum absolute atomic E-state index is 12.7. The SMILES string of the molecule is Cc1[nH]c(C(=O)CCc2cc(C(C)(C)C)c(CN)c(C(C)(C)C)c2)c(Cl)c1Cl. The number of benzene rings is 1. The van der Waals surface area contributed by atoms with Gasteiger partial charge in [0.05, 0.1) is 10.0 Å². The third-order valence-corrected chi connectivity index (χ3v) is 6.05. The van der Waals surface area contributed by atoms with Gasteiger partial charge in [-0.25, -0.2) is 0 Å².